The summed E-state index contributed by atoms with van der Waals surface area (Å²) in [7, 11) is 0. The second-order valence-corrected chi connectivity index (χ2v) is 6.89. The van der Waals surface area contributed by atoms with E-state index in [9.17, 15) is 4.79 Å². The van der Waals surface area contributed by atoms with Crippen molar-refractivity contribution >= 4 is 51.3 Å². The van der Waals surface area contributed by atoms with Crippen molar-refractivity contribution in [3.63, 3.8) is 0 Å². The molecule has 2 atom stereocenters. The highest BCUT2D eigenvalue weighted by Gasteiger charge is 2.31. The van der Waals surface area contributed by atoms with Crippen molar-refractivity contribution in [2.24, 2.45) is 5.73 Å². The van der Waals surface area contributed by atoms with Gasteiger partial charge in [-0.3, -0.25) is 4.79 Å². The lowest BCUT2D eigenvalue weighted by Crippen LogP contribution is -2.24. The molecule has 2 N–H and O–H groups in total. The predicted octanol–water partition coefficient (Wildman–Crippen LogP) is 1.63. The lowest BCUT2D eigenvalue weighted by Gasteiger charge is -2.17. The summed E-state index contributed by atoms with van der Waals surface area (Å²) in [6, 6.07) is 1.82. The molecule has 1 fully saturated rings. The maximum atomic E-state index is 11.7. The second-order valence-electron chi connectivity index (χ2n) is 4.52. The molecule has 3 rings (SSSR count). The van der Waals surface area contributed by atoms with Crippen LogP contribution in [0.2, 0.25) is 0 Å². The molecule has 3 heterocycles. The number of amides is 1. The fourth-order valence-corrected chi connectivity index (χ4v) is 3.49. The maximum absolute atomic E-state index is 11.7. The molecule has 6 nitrogen and oxygen atoms in total. The van der Waals surface area contributed by atoms with Gasteiger partial charge in [0.15, 0.2) is 5.16 Å². The van der Waals surface area contributed by atoms with Crippen LogP contribution in [0.5, 0.6) is 0 Å². The molecule has 2 aromatic rings. The monoisotopic (exact) mass is 404 g/mol. The van der Waals surface area contributed by atoms with Crippen LogP contribution in [0.4, 0.5) is 0 Å². The summed E-state index contributed by atoms with van der Waals surface area (Å²) < 4.78 is 7.70. The third-order valence-electron chi connectivity index (χ3n) is 3.30. The highest BCUT2D eigenvalue weighted by molar-refractivity contribution is 14.1. The normalized spacial score (nSPS) is 22.5. The van der Waals surface area contributed by atoms with Crippen LogP contribution in [0.25, 0.3) is 11.0 Å². The van der Waals surface area contributed by atoms with Crippen LogP contribution < -0.4 is 5.73 Å². The number of halogens is 1. The zero-order valence-corrected chi connectivity index (χ0v) is 13.7. The first-order chi connectivity index (χ1) is 9.61. The zero-order valence-electron chi connectivity index (χ0n) is 10.7. The van der Waals surface area contributed by atoms with E-state index in [2.05, 4.69) is 32.6 Å². The first kappa shape index (κ1) is 14.1. The average Bonchev–Trinajstić information content (AvgIpc) is 3.00. The Morgan fingerprint density at radius 3 is 3.00 bits per heavy atom. The van der Waals surface area contributed by atoms with Gasteiger partial charge in [0, 0.05) is 11.6 Å². The summed E-state index contributed by atoms with van der Waals surface area (Å²) in [5, 5.41) is 1.50. The summed E-state index contributed by atoms with van der Waals surface area (Å²) in [5.74, 6) is -0.454. The van der Waals surface area contributed by atoms with E-state index in [0.717, 1.165) is 11.0 Å². The Kier molecular flexibility index (Phi) is 3.87. The minimum Gasteiger partial charge on any atom is -0.378 e. The molecule has 0 radical (unpaired) electrons. The molecule has 20 heavy (non-hydrogen) atoms. The van der Waals surface area contributed by atoms with Crippen molar-refractivity contribution in [3.05, 3.63) is 18.0 Å². The first-order valence-electron chi connectivity index (χ1n) is 6.05. The Morgan fingerprint density at radius 2 is 2.40 bits per heavy atom. The molecule has 2 aromatic heterocycles. The van der Waals surface area contributed by atoms with Crippen LogP contribution >= 0.6 is 34.4 Å². The number of alkyl halides is 1. The lowest BCUT2D eigenvalue weighted by molar-refractivity contribution is 0.0989. The van der Waals surface area contributed by atoms with Crippen LogP contribution in [0.3, 0.4) is 0 Å². The van der Waals surface area contributed by atoms with Gasteiger partial charge in [0.25, 0.3) is 5.91 Å². The molecule has 106 valence electrons. The summed E-state index contributed by atoms with van der Waals surface area (Å²) in [6.45, 7) is 1.24. The van der Waals surface area contributed by atoms with E-state index in [-0.39, 0.29) is 9.97 Å². The maximum Gasteiger partial charge on any atom is 0.265 e. The molecule has 0 aliphatic carbocycles. The van der Waals surface area contributed by atoms with Crippen LogP contribution in [0.15, 0.2) is 17.4 Å². The molecule has 8 heteroatoms. The quantitative estimate of drug-likeness (QED) is 0.364. The van der Waals surface area contributed by atoms with Gasteiger partial charge in [-0.2, -0.15) is 0 Å². The van der Waals surface area contributed by atoms with Crippen molar-refractivity contribution in [3.8, 4) is 0 Å². The number of hydrogen-bond donors (Lipinski definition) is 1. The summed E-state index contributed by atoms with van der Waals surface area (Å²) in [5.41, 5.74) is 6.71. The summed E-state index contributed by atoms with van der Waals surface area (Å²) >= 11 is 3.81. The summed E-state index contributed by atoms with van der Waals surface area (Å²) in [4.78, 5) is 20.5. The number of carbonyl (C=O) groups excluding carboxylic acids is 1. The second kappa shape index (κ2) is 5.49. The van der Waals surface area contributed by atoms with Gasteiger partial charge in [0.2, 0.25) is 0 Å². The Morgan fingerprint density at radius 1 is 1.60 bits per heavy atom. The lowest BCUT2D eigenvalue weighted by atomic mass is 10.2. The van der Waals surface area contributed by atoms with Crippen LogP contribution in [-0.2, 0) is 4.74 Å². The molecule has 1 saturated heterocycles. The first-order valence-corrected chi connectivity index (χ1v) is 8.52. The SMILES string of the molecule is CSc1ncc2cc(C(N)=O)n([C@H]3COC[C@@H]3I)c2n1. The molecule has 0 spiro atoms. The number of ether oxygens (including phenoxy) is 1. The van der Waals surface area contributed by atoms with E-state index in [1.807, 2.05) is 10.8 Å². The van der Waals surface area contributed by atoms with Gasteiger partial charge in [-0.25, -0.2) is 9.97 Å². The van der Waals surface area contributed by atoms with Crippen LogP contribution in [0, 0.1) is 0 Å². The number of nitrogens with two attached hydrogens (primary N) is 1. The third kappa shape index (κ3) is 2.29. The molecule has 1 aliphatic heterocycles. The van der Waals surface area contributed by atoms with Crippen molar-refractivity contribution in [2.75, 3.05) is 19.5 Å². The topological polar surface area (TPSA) is 83.0 Å². The van der Waals surface area contributed by atoms with Crippen LogP contribution in [0.1, 0.15) is 16.5 Å². The standard InChI is InChI=1S/C12H13IN4O2S/c1-20-12-15-3-6-2-8(10(14)18)17(11(6)16-12)9-5-19-4-7(9)13/h2-3,7,9H,4-5H2,1H3,(H2,14,18)/t7-,9-/m0/s1. The Bertz CT molecular complexity index is 675. The molecule has 0 aromatic carbocycles. The van der Waals surface area contributed by atoms with E-state index in [0.29, 0.717) is 24.1 Å². The van der Waals surface area contributed by atoms with Gasteiger partial charge in [0.05, 0.1) is 23.2 Å². The zero-order chi connectivity index (χ0) is 14.3. The highest BCUT2D eigenvalue weighted by atomic mass is 127. The minimum atomic E-state index is -0.454. The Hall–Kier alpha value is -0.870. The number of fused-ring (bicyclic) bond motifs is 1. The van der Waals surface area contributed by atoms with Gasteiger partial charge in [-0.15, -0.1) is 0 Å². The molecule has 0 bridgehead atoms. The van der Waals surface area contributed by atoms with E-state index < -0.39 is 5.91 Å². The van der Waals surface area contributed by atoms with Gasteiger partial charge in [-0.1, -0.05) is 34.4 Å². The molecule has 1 amide bonds. The van der Waals surface area contributed by atoms with Crippen molar-refractivity contribution in [1.82, 2.24) is 14.5 Å². The minimum absolute atomic E-state index is 0.0696. The average molecular weight is 404 g/mol. The number of thioether (sulfide) groups is 1. The van der Waals surface area contributed by atoms with Crippen molar-refractivity contribution < 1.29 is 9.53 Å². The van der Waals surface area contributed by atoms with Gasteiger partial charge in [-0.05, 0) is 12.3 Å². The molecule has 1 aliphatic rings. The number of primary amides is 1. The third-order valence-corrected chi connectivity index (χ3v) is 5.06. The van der Waals surface area contributed by atoms with Gasteiger partial charge in [0.1, 0.15) is 11.3 Å². The molecule has 0 saturated carbocycles. The molecular weight excluding hydrogens is 391 g/mol. The number of rotatable bonds is 3. The number of hydrogen-bond acceptors (Lipinski definition) is 5. The molecular formula is C12H13IN4O2S. The number of carbonyl (C=O) groups is 1. The Balaban J connectivity index is 2.24. The van der Waals surface area contributed by atoms with E-state index >= 15 is 0 Å². The number of aromatic nitrogens is 3. The number of nitrogens with zero attached hydrogens (tertiary/aromatic N) is 3. The van der Waals surface area contributed by atoms with E-state index in [4.69, 9.17) is 10.5 Å². The fourth-order valence-electron chi connectivity index (χ4n) is 2.37. The van der Waals surface area contributed by atoms with E-state index in [1.165, 1.54) is 11.8 Å². The van der Waals surface area contributed by atoms with Crippen molar-refractivity contribution in [2.45, 2.75) is 15.1 Å². The van der Waals surface area contributed by atoms with Crippen molar-refractivity contribution in [1.29, 1.82) is 0 Å². The fraction of sp³-hybridized carbons (Fsp3) is 0.417. The predicted molar refractivity (Wildman–Crippen MR) is 85.5 cm³/mol. The van der Waals surface area contributed by atoms with Gasteiger partial charge < -0.3 is 15.0 Å². The smallest absolute Gasteiger partial charge is 0.265 e. The highest BCUT2D eigenvalue weighted by Crippen LogP contribution is 2.32. The Labute approximate surface area is 133 Å². The van der Waals surface area contributed by atoms with Gasteiger partial charge >= 0.3 is 0 Å². The van der Waals surface area contributed by atoms with E-state index in [1.54, 1.807) is 12.3 Å². The molecule has 0 unspecified atom stereocenters. The summed E-state index contributed by atoms with van der Waals surface area (Å²) in [6.07, 6.45) is 3.65. The largest absolute Gasteiger partial charge is 0.378 e. The van der Waals surface area contributed by atoms with Crippen LogP contribution in [-0.4, -0.2) is 43.8 Å².